The molecule has 0 heterocycles. The molecule has 0 saturated heterocycles. The van der Waals surface area contributed by atoms with Crippen LogP contribution in [0, 0.1) is 11.3 Å². The quantitative estimate of drug-likeness (QED) is 0.511. The molecular formula is C17H27F3. The molecule has 0 saturated carbocycles. The van der Waals surface area contributed by atoms with Crippen LogP contribution < -0.4 is 0 Å². The Morgan fingerprint density at radius 3 is 2.40 bits per heavy atom. The molecule has 0 aliphatic heterocycles. The highest BCUT2D eigenvalue weighted by molar-refractivity contribution is 5.30. The highest BCUT2D eigenvalue weighted by Crippen LogP contribution is 2.46. The van der Waals surface area contributed by atoms with Crippen LogP contribution in [0.5, 0.6) is 0 Å². The summed E-state index contributed by atoms with van der Waals surface area (Å²) in [6.45, 7) is 8.35. The number of rotatable bonds is 5. The summed E-state index contributed by atoms with van der Waals surface area (Å²) in [7, 11) is 0. The van der Waals surface area contributed by atoms with E-state index in [1.807, 2.05) is 13.0 Å². The van der Waals surface area contributed by atoms with Gasteiger partial charge in [0.05, 0.1) is 0 Å². The standard InChI is InChI=1S/C17H27F3/c1-5-11-16(3,4)15-13(6-2)8-7-9-14(15)10-12-17(18,19)20/h5,11,14H,6-10,12H2,1-4H3/b11-5+. The SMILES string of the molecule is C/C=C/C(C)(C)C1=C(CC)CCCC1CCC(F)(F)F. The van der Waals surface area contributed by atoms with Crippen LogP contribution in [0.4, 0.5) is 13.2 Å². The van der Waals surface area contributed by atoms with Gasteiger partial charge in [-0.3, -0.25) is 0 Å². The third-order valence-corrected chi connectivity index (χ3v) is 4.30. The number of hydrogen-bond donors (Lipinski definition) is 0. The lowest BCUT2D eigenvalue weighted by Gasteiger charge is -2.38. The van der Waals surface area contributed by atoms with E-state index in [0.717, 1.165) is 25.7 Å². The predicted molar refractivity (Wildman–Crippen MR) is 78.5 cm³/mol. The van der Waals surface area contributed by atoms with Crippen molar-refractivity contribution in [3.63, 3.8) is 0 Å². The lowest BCUT2D eigenvalue weighted by molar-refractivity contribution is -0.137. The van der Waals surface area contributed by atoms with Gasteiger partial charge in [0.25, 0.3) is 0 Å². The van der Waals surface area contributed by atoms with Crippen LogP contribution in [-0.2, 0) is 0 Å². The summed E-state index contributed by atoms with van der Waals surface area (Å²) in [5.41, 5.74) is 2.52. The van der Waals surface area contributed by atoms with Crippen molar-refractivity contribution in [1.29, 1.82) is 0 Å². The molecule has 0 aromatic rings. The van der Waals surface area contributed by atoms with Gasteiger partial charge >= 0.3 is 6.18 Å². The van der Waals surface area contributed by atoms with Gasteiger partial charge in [0, 0.05) is 11.8 Å². The van der Waals surface area contributed by atoms with Gasteiger partial charge in [-0.2, -0.15) is 13.2 Å². The molecule has 1 aliphatic carbocycles. The van der Waals surface area contributed by atoms with Crippen LogP contribution in [0.3, 0.4) is 0 Å². The molecule has 1 atom stereocenters. The van der Waals surface area contributed by atoms with Gasteiger partial charge in [-0.05, 0) is 44.9 Å². The molecule has 1 rings (SSSR count). The van der Waals surface area contributed by atoms with Crippen LogP contribution in [0.25, 0.3) is 0 Å². The van der Waals surface area contributed by atoms with Crippen molar-refractivity contribution in [2.24, 2.45) is 11.3 Å². The smallest absolute Gasteiger partial charge is 0.171 e. The number of alkyl halides is 3. The van der Waals surface area contributed by atoms with E-state index >= 15 is 0 Å². The molecule has 0 nitrogen and oxygen atoms in total. The Morgan fingerprint density at radius 1 is 1.25 bits per heavy atom. The first-order valence-electron chi connectivity index (χ1n) is 7.64. The Kier molecular flexibility index (Phi) is 5.91. The second kappa shape index (κ2) is 6.82. The average molecular weight is 288 g/mol. The highest BCUT2D eigenvalue weighted by Gasteiger charge is 2.35. The first kappa shape index (κ1) is 17.3. The average Bonchev–Trinajstić information content (AvgIpc) is 2.34. The van der Waals surface area contributed by atoms with Crippen LogP contribution in [0.15, 0.2) is 23.3 Å². The first-order chi connectivity index (χ1) is 9.21. The van der Waals surface area contributed by atoms with E-state index in [1.165, 1.54) is 11.1 Å². The highest BCUT2D eigenvalue weighted by atomic mass is 19.4. The van der Waals surface area contributed by atoms with Gasteiger partial charge < -0.3 is 0 Å². The van der Waals surface area contributed by atoms with E-state index in [9.17, 15) is 13.2 Å². The molecular weight excluding hydrogens is 261 g/mol. The number of hydrogen-bond acceptors (Lipinski definition) is 0. The molecule has 0 fully saturated rings. The van der Waals surface area contributed by atoms with Gasteiger partial charge in [0.2, 0.25) is 0 Å². The Hall–Kier alpha value is -0.730. The van der Waals surface area contributed by atoms with Gasteiger partial charge in [0.1, 0.15) is 0 Å². The zero-order valence-electron chi connectivity index (χ0n) is 13.1. The zero-order valence-corrected chi connectivity index (χ0v) is 13.1. The van der Waals surface area contributed by atoms with Gasteiger partial charge in [-0.25, -0.2) is 0 Å². The molecule has 0 radical (unpaired) electrons. The first-order valence-corrected chi connectivity index (χ1v) is 7.64. The van der Waals surface area contributed by atoms with Crippen LogP contribution >= 0.6 is 0 Å². The molecule has 0 bridgehead atoms. The predicted octanol–water partition coefficient (Wildman–Crippen LogP) is 6.44. The van der Waals surface area contributed by atoms with Crippen LogP contribution in [-0.4, -0.2) is 6.18 Å². The van der Waals surface area contributed by atoms with Crippen molar-refractivity contribution < 1.29 is 13.2 Å². The summed E-state index contributed by atoms with van der Waals surface area (Å²) in [6.07, 6.45) is 3.61. The summed E-state index contributed by atoms with van der Waals surface area (Å²) in [4.78, 5) is 0. The minimum Gasteiger partial charge on any atom is -0.171 e. The Balaban J connectivity index is 3.03. The fourth-order valence-electron chi connectivity index (χ4n) is 3.61. The second-order valence-corrected chi connectivity index (χ2v) is 6.34. The van der Waals surface area contributed by atoms with Gasteiger partial charge in [-0.1, -0.05) is 44.1 Å². The Morgan fingerprint density at radius 2 is 1.90 bits per heavy atom. The van der Waals surface area contributed by atoms with Crippen LogP contribution in [0.2, 0.25) is 0 Å². The van der Waals surface area contributed by atoms with Crippen molar-refractivity contribution in [1.82, 2.24) is 0 Å². The molecule has 116 valence electrons. The van der Waals surface area contributed by atoms with Crippen molar-refractivity contribution in [3.05, 3.63) is 23.3 Å². The van der Waals surface area contributed by atoms with E-state index in [0.29, 0.717) is 0 Å². The maximum atomic E-state index is 12.5. The third kappa shape index (κ3) is 4.68. The molecule has 0 N–H and O–H groups in total. The summed E-state index contributed by atoms with van der Waals surface area (Å²) in [5.74, 6) is 0.0894. The van der Waals surface area contributed by atoms with Gasteiger partial charge in [0.15, 0.2) is 0 Å². The van der Waals surface area contributed by atoms with E-state index in [4.69, 9.17) is 0 Å². The van der Waals surface area contributed by atoms with Crippen LogP contribution in [0.1, 0.15) is 66.2 Å². The monoisotopic (exact) mass is 288 g/mol. The summed E-state index contributed by atoms with van der Waals surface area (Å²) < 4.78 is 37.6. The second-order valence-electron chi connectivity index (χ2n) is 6.34. The lowest BCUT2D eigenvalue weighted by atomic mass is 9.68. The molecule has 0 aromatic carbocycles. The largest absolute Gasteiger partial charge is 0.389 e. The summed E-state index contributed by atoms with van der Waals surface area (Å²) in [5, 5.41) is 0. The Bertz CT molecular complexity index is 372. The summed E-state index contributed by atoms with van der Waals surface area (Å²) in [6, 6.07) is 0. The van der Waals surface area contributed by atoms with Crippen molar-refractivity contribution in [2.75, 3.05) is 0 Å². The third-order valence-electron chi connectivity index (χ3n) is 4.30. The minimum absolute atomic E-state index is 0.0894. The lowest BCUT2D eigenvalue weighted by Crippen LogP contribution is -2.25. The Labute approximate surface area is 121 Å². The minimum atomic E-state index is -4.04. The molecule has 1 aliphatic rings. The molecule has 3 heteroatoms. The maximum Gasteiger partial charge on any atom is 0.389 e. The zero-order chi connectivity index (χ0) is 15.4. The van der Waals surface area contributed by atoms with E-state index in [2.05, 4.69) is 26.8 Å². The molecule has 20 heavy (non-hydrogen) atoms. The van der Waals surface area contributed by atoms with E-state index in [1.54, 1.807) is 0 Å². The van der Waals surface area contributed by atoms with E-state index in [-0.39, 0.29) is 17.8 Å². The molecule has 1 unspecified atom stereocenters. The van der Waals surface area contributed by atoms with Gasteiger partial charge in [-0.15, -0.1) is 0 Å². The fourth-order valence-corrected chi connectivity index (χ4v) is 3.61. The number of halogens is 3. The van der Waals surface area contributed by atoms with E-state index < -0.39 is 12.6 Å². The summed E-state index contributed by atoms with van der Waals surface area (Å²) >= 11 is 0. The maximum absolute atomic E-state index is 12.5. The molecule has 0 spiro atoms. The fraction of sp³-hybridized carbons (Fsp3) is 0.765. The number of allylic oxidation sites excluding steroid dienone is 4. The van der Waals surface area contributed by atoms with Crippen molar-refractivity contribution in [3.8, 4) is 0 Å². The normalized spacial score (nSPS) is 21.9. The topological polar surface area (TPSA) is 0 Å². The molecule has 0 aromatic heterocycles. The molecule has 0 amide bonds. The van der Waals surface area contributed by atoms with Crippen molar-refractivity contribution >= 4 is 0 Å². The van der Waals surface area contributed by atoms with Crippen molar-refractivity contribution in [2.45, 2.75) is 72.4 Å².